The van der Waals surface area contributed by atoms with E-state index in [9.17, 15) is 24.5 Å². The maximum absolute atomic E-state index is 12.5. The van der Waals surface area contributed by atoms with Crippen LogP contribution >= 0.6 is 22.7 Å². The lowest BCUT2D eigenvalue weighted by Gasteiger charge is -2.05. The molecule has 150 valence electrons. The molecule has 0 radical (unpaired) electrons. The summed E-state index contributed by atoms with van der Waals surface area (Å²) in [6.45, 7) is 1.21. The normalized spacial score (nSPS) is 11.4. The zero-order valence-electron chi connectivity index (χ0n) is 15.2. The summed E-state index contributed by atoms with van der Waals surface area (Å²) in [5.41, 5.74) is 1.18. The first-order valence-corrected chi connectivity index (χ1v) is 9.73. The van der Waals surface area contributed by atoms with Crippen molar-refractivity contribution < 1.29 is 24.0 Å². The largest absolute Gasteiger partial charge is 0.468 e. The number of nitro groups is 1. The lowest BCUT2D eigenvalue weighted by atomic mass is 10.3. The van der Waals surface area contributed by atoms with Gasteiger partial charge in [-0.15, -0.1) is 0 Å². The number of benzene rings is 1. The maximum Gasteiger partial charge on any atom is 0.325 e. The Morgan fingerprint density at radius 2 is 2.00 bits per heavy atom. The van der Waals surface area contributed by atoms with Crippen molar-refractivity contribution in [1.29, 1.82) is 0 Å². The minimum Gasteiger partial charge on any atom is -0.468 e. The molecule has 10 nitrogen and oxygen atoms in total. The quantitative estimate of drug-likeness (QED) is 0.373. The number of thiophene rings is 1. The Labute approximate surface area is 171 Å². The monoisotopic (exact) mass is 434 g/mol. The highest BCUT2D eigenvalue weighted by Crippen LogP contribution is 2.25. The first kappa shape index (κ1) is 20.4. The van der Waals surface area contributed by atoms with E-state index in [-0.39, 0.29) is 27.1 Å². The van der Waals surface area contributed by atoms with E-state index in [4.69, 9.17) is 4.74 Å². The van der Waals surface area contributed by atoms with Crippen LogP contribution in [0.15, 0.2) is 35.3 Å². The number of rotatable bonds is 5. The number of hydrogen-bond acceptors (Lipinski definition) is 8. The van der Waals surface area contributed by atoms with Crippen LogP contribution in [-0.2, 0) is 20.9 Å². The van der Waals surface area contributed by atoms with Crippen LogP contribution in [0.4, 0.5) is 10.7 Å². The molecule has 29 heavy (non-hydrogen) atoms. The molecular weight excluding hydrogens is 420 g/mol. The van der Waals surface area contributed by atoms with Gasteiger partial charge in [0.15, 0.2) is 4.80 Å². The molecule has 0 aliphatic carbocycles. The molecule has 2 amide bonds. The molecule has 3 aromatic rings. The molecule has 0 fully saturated rings. The molecule has 0 aliphatic rings. The number of nitrogens with zero attached hydrogens (tertiary/aromatic N) is 3. The van der Waals surface area contributed by atoms with Gasteiger partial charge in [0.25, 0.3) is 5.91 Å². The Hall–Kier alpha value is -3.38. The van der Waals surface area contributed by atoms with Crippen LogP contribution in [0.5, 0.6) is 0 Å². The van der Waals surface area contributed by atoms with E-state index < -0.39 is 16.8 Å². The average molecular weight is 434 g/mol. The Morgan fingerprint density at radius 1 is 1.24 bits per heavy atom. The topological polar surface area (TPSA) is 133 Å². The first-order chi connectivity index (χ1) is 13.8. The third kappa shape index (κ3) is 4.55. The van der Waals surface area contributed by atoms with Crippen LogP contribution in [-0.4, -0.2) is 34.4 Å². The summed E-state index contributed by atoms with van der Waals surface area (Å²) >= 11 is 1.86. The van der Waals surface area contributed by atoms with Crippen LogP contribution in [0.2, 0.25) is 0 Å². The Bertz CT molecular complexity index is 1210. The van der Waals surface area contributed by atoms with Crippen molar-refractivity contribution in [2.45, 2.75) is 13.5 Å². The van der Waals surface area contributed by atoms with Gasteiger partial charge >= 0.3 is 11.0 Å². The van der Waals surface area contributed by atoms with Crippen LogP contribution in [0, 0.1) is 10.1 Å². The number of carbonyl (C=O) groups is 3. The van der Waals surface area contributed by atoms with Crippen molar-refractivity contribution in [2.75, 3.05) is 12.4 Å². The van der Waals surface area contributed by atoms with Crippen molar-refractivity contribution in [2.24, 2.45) is 4.99 Å². The van der Waals surface area contributed by atoms with Crippen molar-refractivity contribution in [1.82, 2.24) is 4.57 Å². The van der Waals surface area contributed by atoms with Gasteiger partial charge in [-0.2, -0.15) is 4.99 Å². The van der Waals surface area contributed by atoms with Crippen molar-refractivity contribution in [3.63, 3.8) is 0 Å². The summed E-state index contributed by atoms with van der Waals surface area (Å²) in [7, 11) is 1.25. The van der Waals surface area contributed by atoms with Crippen LogP contribution in [0.25, 0.3) is 10.2 Å². The van der Waals surface area contributed by atoms with E-state index in [0.717, 1.165) is 22.7 Å². The van der Waals surface area contributed by atoms with E-state index in [1.165, 1.54) is 30.7 Å². The molecular formula is C17H14N4O6S2. The minimum absolute atomic E-state index is 0.109. The van der Waals surface area contributed by atoms with E-state index in [1.807, 2.05) is 0 Å². The van der Waals surface area contributed by atoms with E-state index in [0.29, 0.717) is 15.9 Å². The van der Waals surface area contributed by atoms with Crippen molar-refractivity contribution in [3.05, 3.63) is 50.1 Å². The van der Waals surface area contributed by atoms with Crippen molar-refractivity contribution >= 4 is 61.4 Å². The number of nitrogens with one attached hydrogen (secondary N) is 1. The lowest BCUT2D eigenvalue weighted by molar-refractivity contribution is -0.380. The maximum atomic E-state index is 12.5. The molecule has 0 saturated heterocycles. The lowest BCUT2D eigenvalue weighted by Crippen LogP contribution is -2.22. The number of thiazole rings is 1. The highest BCUT2D eigenvalue weighted by atomic mass is 32.1. The Balaban J connectivity index is 2.10. The van der Waals surface area contributed by atoms with Gasteiger partial charge in [-0.25, -0.2) is 0 Å². The summed E-state index contributed by atoms with van der Waals surface area (Å²) in [4.78, 5) is 50.2. The van der Waals surface area contributed by atoms with Gasteiger partial charge < -0.3 is 14.6 Å². The number of fused-ring (bicyclic) bond motifs is 1. The summed E-state index contributed by atoms with van der Waals surface area (Å²) in [6.07, 6.45) is 0. The fourth-order valence-corrected chi connectivity index (χ4v) is 4.24. The second-order valence-electron chi connectivity index (χ2n) is 5.72. The summed E-state index contributed by atoms with van der Waals surface area (Å²) < 4.78 is 6.91. The van der Waals surface area contributed by atoms with Crippen molar-refractivity contribution in [3.8, 4) is 0 Å². The Kier molecular flexibility index (Phi) is 5.84. The number of esters is 1. The van der Waals surface area contributed by atoms with Crippen LogP contribution in [0.3, 0.4) is 0 Å². The van der Waals surface area contributed by atoms with Crippen LogP contribution < -0.4 is 10.1 Å². The Morgan fingerprint density at radius 3 is 2.62 bits per heavy atom. The third-order valence-electron chi connectivity index (χ3n) is 3.70. The minimum atomic E-state index is -0.657. The average Bonchev–Trinajstić information content (AvgIpc) is 3.27. The smallest absolute Gasteiger partial charge is 0.325 e. The molecule has 0 aliphatic heterocycles. The fourth-order valence-electron chi connectivity index (χ4n) is 2.47. The molecule has 1 aromatic carbocycles. The van der Waals surface area contributed by atoms with Gasteiger partial charge in [-0.3, -0.25) is 24.5 Å². The number of carbonyl (C=O) groups excluding carboxylic acids is 3. The van der Waals surface area contributed by atoms with Gasteiger partial charge in [-0.05, 0) is 24.3 Å². The van der Waals surface area contributed by atoms with Gasteiger partial charge in [0.2, 0.25) is 5.91 Å². The van der Waals surface area contributed by atoms with Gasteiger partial charge in [-0.1, -0.05) is 22.7 Å². The second kappa shape index (κ2) is 8.32. The predicted octanol–water partition coefficient (Wildman–Crippen LogP) is 2.55. The number of amides is 2. The van der Waals surface area contributed by atoms with Gasteiger partial charge in [0, 0.05) is 18.7 Å². The SMILES string of the molecule is COC(=O)Cn1c(=NC(=O)c2ccc([N+](=O)[O-])s2)sc2cc(NC(C)=O)ccc21. The third-order valence-corrected chi connectivity index (χ3v) is 5.76. The fraction of sp³-hybridized carbons (Fsp3) is 0.176. The highest BCUT2D eigenvalue weighted by molar-refractivity contribution is 7.17. The number of anilines is 1. The molecule has 0 unspecified atom stereocenters. The molecule has 0 atom stereocenters. The van der Waals surface area contributed by atoms with E-state index in [1.54, 1.807) is 18.2 Å². The highest BCUT2D eigenvalue weighted by Gasteiger charge is 2.17. The molecule has 1 N–H and O–H groups in total. The molecule has 2 heterocycles. The standard InChI is InChI=1S/C17H14N4O6S2/c1-9(22)18-10-3-4-11-13(7-10)29-17(20(11)8-15(23)27-2)19-16(24)12-5-6-14(28-12)21(25)26/h3-7H,8H2,1-2H3,(H,18,22). The summed E-state index contributed by atoms with van der Waals surface area (Å²) in [5, 5.41) is 13.3. The second-order valence-corrected chi connectivity index (χ2v) is 7.79. The van der Waals surface area contributed by atoms with Gasteiger partial charge in [0.1, 0.15) is 11.4 Å². The number of hydrogen-bond donors (Lipinski definition) is 1. The van der Waals surface area contributed by atoms with E-state index in [2.05, 4.69) is 10.3 Å². The van der Waals surface area contributed by atoms with Gasteiger partial charge in [0.05, 0.1) is 22.2 Å². The molecule has 0 spiro atoms. The molecule has 12 heteroatoms. The summed E-state index contributed by atoms with van der Waals surface area (Å²) in [6, 6.07) is 7.63. The molecule has 2 aromatic heterocycles. The zero-order valence-corrected chi connectivity index (χ0v) is 16.8. The van der Waals surface area contributed by atoms with E-state index >= 15 is 0 Å². The molecule has 3 rings (SSSR count). The first-order valence-electron chi connectivity index (χ1n) is 8.09. The number of ether oxygens (including phenoxy) is 1. The summed E-state index contributed by atoms with van der Waals surface area (Å²) in [5.74, 6) is -1.42. The number of aromatic nitrogens is 1. The molecule has 0 saturated carbocycles. The van der Waals surface area contributed by atoms with Crippen LogP contribution in [0.1, 0.15) is 16.6 Å². The number of methoxy groups -OCH3 is 1. The molecule has 0 bridgehead atoms. The zero-order chi connectivity index (χ0) is 21.1. The predicted molar refractivity (Wildman–Crippen MR) is 107 cm³/mol.